The van der Waals surface area contributed by atoms with Crippen LogP contribution in [0.2, 0.25) is 0 Å². The van der Waals surface area contributed by atoms with Crippen molar-refractivity contribution in [3.8, 4) is 5.75 Å². The van der Waals surface area contributed by atoms with Crippen molar-refractivity contribution in [1.82, 2.24) is 24.2 Å². The van der Waals surface area contributed by atoms with Crippen molar-refractivity contribution in [2.75, 3.05) is 40.6 Å². The van der Waals surface area contributed by atoms with E-state index in [4.69, 9.17) is 4.74 Å². The Bertz CT molecular complexity index is 1500. The van der Waals surface area contributed by atoms with Gasteiger partial charge in [-0.1, -0.05) is 30.3 Å². The summed E-state index contributed by atoms with van der Waals surface area (Å²) in [5, 5.41) is 3.90. The maximum Gasteiger partial charge on any atom is 0.210 e. The minimum absolute atomic E-state index is 0.202. The normalized spacial score (nSPS) is 11.5. The monoisotopic (exact) mass is 498 g/mol. The van der Waals surface area contributed by atoms with E-state index in [1.165, 1.54) is 12.2 Å². The molecular weight excluding hydrogens is 468 g/mol. The number of pyridine rings is 1. The molecule has 37 heavy (non-hydrogen) atoms. The summed E-state index contributed by atoms with van der Waals surface area (Å²) in [6, 6.07) is 13.2. The molecule has 190 valence electrons. The zero-order valence-electron chi connectivity index (χ0n) is 21.6. The number of nitrogens with zero attached hydrogens (tertiary/aromatic N) is 5. The number of hydrogen-bond acceptors (Lipinski definition) is 8. The van der Waals surface area contributed by atoms with Crippen molar-refractivity contribution in [2.45, 2.75) is 6.54 Å². The number of carbonyl (C=O) groups excluding carboxylic acids is 2. The van der Waals surface area contributed by atoms with Gasteiger partial charge >= 0.3 is 0 Å². The second-order valence-electron chi connectivity index (χ2n) is 8.90. The topological polar surface area (TPSA) is 92.1 Å². The molecule has 0 radical (unpaired) electrons. The molecule has 4 rings (SSSR count). The number of allylic oxidation sites excluding steroid dienone is 2. The number of aromatic nitrogens is 3. The summed E-state index contributed by atoms with van der Waals surface area (Å²) in [4.78, 5) is 39.4. The average Bonchev–Trinajstić information content (AvgIpc) is 3.24. The molecule has 3 aromatic heterocycles. The van der Waals surface area contributed by atoms with Crippen LogP contribution in [0.3, 0.4) is 0 Å². The fourth-order valence-corrected chi connectivity index (χ4v) is 3.91. The van der Waals surface area contributed by atoms with Gasteiger partial charge in [-0.3, -0.25) is 14.0 Å². The Morgan fingerprint density at radius 2 is 1.68 bits per heavy atom. The average molecular weight is 499 g/mol. The van der Waals surface area contributed by atoms with Crippen molar-refractivity contribution >= 4 is 34.1 Å². The van der Waals surface area contributed by atoms with Crippen molar-refractivity contribution < 1.29 is 14.3 Å². The zero-order chi connectivity index (χ0) is 26.5. The van der Waals surface area contributed by atoms with Crippen molar-refractivity contribution in [2.24, 2.45) is 0 Å². The summed E-state index contributed by atoms with van der Waals surface area (Å²) < 4.78 is 7.39. The Labute approximate surface area is 215 Å². The lowest BCUT2D eigenvalue weighted by Gasteiger charge is -2.11. The lowest BCUT2D eigenvalue weighted by molar-refractivity contribution is 0.103. The number of fused-ring (bicyclic) bond motifs is 3. The van der Waals surface area contributed by atoms with E-state index in [9.17, 15) is 9.59 Å². The Morgan fingerprint density at radius 3 is 2.32 bits per heavy atom. The second-order valence-corrected chi connectivity index (χ2v) is 8.90. The number of rotatable bonds is 10. The first-order valence-corrected chi connectivity index (χ1v) is 11.7. The molecule has 1 aromatic carbocycles. The molecule has 0 aliphatic carbocycles. The number of ketones is 2. The van der Waals surface area contributed by atoms with Gasteiger partial charge in [0.1, 0.15) is 11.4 Å². The van der Waals surface area contributed by atoms with E-state index in [0.29, 0.717) is 40.4 Å². The van der Waals surface area contributed by atoms with E-state index in [-0.39, 0.29) is 17.3 Å². The number of carbonyl (C=O) groups is 2. The van der Waals surface area contributed by atoms with Crippen LogP contribution in [0.1, 0.15) is 26.4 Å². The quantitative estimate of drug-likeness (QED) is 0.259. The smallest absolute Gasteiger partial charge is 0.210 e. The summed E-state index contributed by atoms with van der Waals surface area (Å²) >= 11 is 0. The number of anilines is 1. The van der Waals surface area contributed by atoms with Crippen molar-refractivity contribution in [1.29, 1.82) is 0 Å². The number of benzene rings is 1. The predicted molar refractivity (Wildman–Crippen MR) is 145 cm³/mol. The molecule has 0 fully saturated rings. The SMILES string of the molecule is COc1ccnc2c1c(C(=O)/C=C/N(C)C)c1cc(C(=O)/C=C/N(C)C)nc(NCc3ccccc3)n12. The molecular formula is C28H30N6O3. The molecule has 0 spiro atoms. The van der Waals surface area contributed by atoms with Crippen molar-refractivity contribution in [3.63, 3.8) is 0 Å². The van der Waals surface area contributed by atoms with Crippen LogP contribution in [0.25, 0.3) is 16.6 Å². The number of hydrogen-bond donors (Lipinski definition) is 1. The van der Waals surface area contributed by atoms with E-state index < -0.39 is 0 Å². The number of nitrogens with one attached hydrogen (secondary N) is 1. The van der Waals surface area contributed by atoms with E-state index >= 15 is 0 Å². The Kier molecular flexibility index (Phi) is 7.52. The number of methoxy groups -OCH3 is 1. The minimum atomic E-state index is -0.286. The van der Waals surface area contributed by atoms with Crippen molar-refractivity contribution in [3.05, 3.63) is 90.0 Å². The van der Waals surface area contributed by atoms with E-state index in [2.05, 4.69) is 15.3 Å². The highest BCUT2D eigenvalue weighted by molar-refractivity contribution is 6.20. The van der Waals surface area contributed by atoms with Crippen LogP contribution in [-0.4, -0.2) is 71.0 Å². The highest BCUT2D eigenvalue weighted by Gasteiger charge is 2.25. The highest BCUT2D eigenvalue weighted by Crippen LogP contribution is 2.35. The van der Waals surface area contributed by atoms with E-state index in [1.807, 2.05) is 58.5 Å². The largest absolute Gasteiger partial charge is 0.496 e. The van der Waals surface area contributed by atoms with Gasteiger partial charge in [0.05, 0.1) is 23.6 Å². The molecule has 0 aliphatic rings. The Hall–Kier alpha value is -4.66. The summed E-state index contributed by atoms with van der Waals surface area (Å²) in [5.74, 6) is 0.371. The molecule has 4 aromatic rings. The molecule has 9 nitrogen and oxygen atoms in total. The van der Waals surface area contributed by atoms with Crippen LogP contribution in [0.15, 0.2) is 73.2 Å². The summed E-state index contributed by atoms with van der Waals surface area (Å²) in [5.41, 5.74) is 2.63. The molecule has 0 unspecified atom stereocenters. The van der Waals surface area contributed by atoms with Gasteiger partial charge in [0.2, 0.25) is 11.7 Å². The van der Waals surface area contributed by atoms with Gasteiger partial charge in [0.25, 0.3) is 0 Å². The lowest BCUT2D eigenvalue weighted by Crippen LogP contribution is -2.11. The van der Waals surface area contributed by atoms with E-state index in [1.54, 1.807) is 52.0 Å². The maximum absolute atomic E-state index is 13.5. The zero-order valence-corrected chi connectivity index (χ0v) is 21.6. The summed E-state index contributed by atoms with van der Waals surface area (Å²) in [7, 11) is 8.89. The van der Waals surface area contributed by atoms with Crippen LogP contribution in [0.5, 0.6) is 5.75 Å². The second kappa shape index (κ2) is 10.9. The third-order valence-corrected chi connectivity index (χ3v) is 5.62. The van der Waals surface area contributed by atoms with Crippen LogP contribution in [-0.2, 0) is 6.54 Å². The molecule has 3 heterocycles. The van der Waals surface area contributed by atoms with Crippen LogP contribution < -0.4 is 10.1 Å². The van der Waals surface area contributed by atoms with Gasteiger partial charge in [-0.2, -0.15) is 0 Å². The van der Waals surface area contributed by atoms with Gasteiger partial charge in [-0.15, -0.1) is 0 Å². The fourth-order valence-electron chi connectivity index (χ4n) is 3.91. The summed E-state index contributed by atoms with van der Waals surface area (Å²) in [6.45, 7) is 0.460. The molecule has 0 saturated heterocycles. The third kappa shape index (κ3) is 5.45. The van der Waals surface area contributed by atoms with Crippen LogP contribution >= 0.6 is 0 Å². The Morgan fingerprint density at radius 1 is 1.00 bits per heavy atom. The number of ether oxygens (including phenoxy) is 1. The van der Waals surface area contributed by atoms with Gasteiger partial charge in [-0.05, 0) is 17.7 Å². The first-order chi connectivity index (χ1) is 17.8. The molecule has 0 amide bonds. The lowest BCUT2D eigenvalue weighted by atomic mass is 10.1. The molecule has 0 saturated carbocycles. The molecule has 0 atom stereocenters. The molecule has 9 heteroatoms. The fraction of sp³-hybridized carbons (Fsp3) is 0.214. The van der Waals surface area contributed by atoms with Gasteiger partial charge in [-0.25, -0.2) is 9.97 Å². The molecule has 0 aliphatic heterocycles. The standard InChI is InChI=1S/C28H30N6O3/c1-32(2)15-12-22(35)20-17-21-25(23(36)13-16-33(3)4)26-24(37-5)11-14-29-27(26)34(21)28(31-20)30-18-19-9-7-6-8-10-19/h6-17H,18H2,1-5H3,(H,30,31)/b15-12+,16-13+. The van der Waals surface area contributed by atoms with Crippen LogP contribution in [0.4, 0.5) is 5.95 Å². The first-order valence-electron chi connectivity index (χ1n) is 11.7. The molecule has 0 bridgehead atoms. The summed E-state index contributed by atoms with van der Waals surface area (Å²) in [6.07, 6.45) is 7.91. The van der Waals surface area contributed by atoms with Crippen LogP contribution in [0, 0.1) is 0 Å². The van der Waals surface area contributed by atoms with Gasteiger partial charge < -0.3 is 19.9 Å². The Balaban J connectivity index is 2.00. The van der Waals surface area contributed by atoms with Gasteiger partial charge in [0, 0.05) is 65.5 Å². The maximum atomic E-state index is 13.5. The predicted octanol–water partition coefficient (Wildman–Crippen LogP) is 4.02. The third-order valence-electron chi connectivity index (χ3n) is 5.62. The first kappa shape index (κ1) is 25.4. The van der Waals surface area contributed by atoms with Gasteiger partial charge in [0.15, 0.2) is 11.4 Å². The molecule has 1 N–H and O–H groups in total. The minimum Gasteiger partial charge on any atom is -0.496 e. The highest BCUT2D eigenvalue weighted by atomic mass is 16.5. The van der Waals surface area contributed by atoms with E-state index in [0.717, 1.165) is 5.56 Å².